The Morgan fingerprint density at radius 3 is 2.50 bits per heavy atom. The Bertz CT molecular complexity index is 916. The van der Waals surface area contributed by atoms with Crippen LogP contribution >= 0.6 is 0 Å². The van der Waals surface area contributed by atoms with Crippen molar-refractivity contribution in [2.75, 3.05) is 55.9 Å². The largest absolute Gasteiger partial charge is 0.409 e. The summed E-state index contributed by atoms with van der Waals surface area (Å²) in [4.78, 5) is 32.7. The summed E-state index contributed by atoms with van der Waals surface area (Å²) in [5, 5.41) is 0. The molecule has 12 heteroatoms. The van der Waals surface area contributed by atoms with Crippen molar-refractivity contribution in [3.05, 3.63) is 16.2 Å². The van der Waals surface area contributed by atoms with Crippen LogP contribution in [0.15, 0.2) is 4.79 Å². The molecule has 0 radical (unpaired) electrons. The summed E-state index contributed by atoms with van der Waals surface area (Å²) in [5.41, 5.74) is -1.38. The maximum Gasteiger partial charge on any atom is 0.409 e. The molecule has 2 unspecified atom stereocenters. The Hall–Kier alpha value is -2.21. The SMILES string of the molecule is CC1COCCN1c1nc2n(c(=O)c1F)C(C(F)(F)F)CCN2CC(=O)C1CCOCC1. The van der Waals surface area contributed by atoms with Gasteiger partial charge in [0.15, 0.2) is 11.6 Å². The van der Waals surface area contributed by atoms with Gasteiger partial charge in [0.05, 0.1) is 25.8 Å². The summed E-state index contributed by atoms with van der Waals surface area (Å²) < 4.78 is 67.1. The Morgan fingerprint density at radius 1 is 1.12 bits per heavy atom. The van der Waals surface area contributed by atoms with E-state index in [1.165, 1.54) is 9.80 Å². The Labute approximate surface area is 182 Å². The highest BCUT2D eigenvalue weighted by Gasteiger charge is 2.47. The van der Waals surface area contributed by atoms with E-state index in [1.807, 2.05) is 0 Å². The lowest BCUT2D eigenvalue weighted by Crippen LogP contribution is -2.50. The molecule has 3 aliphatic heterocycles. The van der Waals surface area contributed by atoms with Crippen LogP contribution in [0.25, 0.3) is 0 Å². The third kappa shape index (κ3) is 4.34. The first kappa shape index (κ1) is 23.0. The van der Waals surface area contributed by atoms with Crippen molar-refractivity contribution < 1.29 is 31.8 Å². The minimum absolute atomic E-state index is 0.116. The number of rotatable bonds is 4. The number of anilines is 2. The Kier molecular flexibility index (Phi) is 6.44. The molecular weight excluding hydrogens is 436 g/mol. The van der Waals surface area contributed by atoms with Gasteiger partial charge in [0.25, 0.3) is 5.56 Å². The number of nitrogens with zero attached hydrogens (tertiary/aromatic N) is 4. The molecule has 2 saturated heterocycles. The number of carbonyl (C=O) groups excluding carboxylic acids is 1. The number of fused-ring (bicyclic) bond motifs is 1. The van der Waals surface area contributed by atoms with Gasteiger partial charge in [-0.1, -0.05) is 0 Å². The average Bonchev–Trinajstić information content (AvgIpc) is 2.76. The zero-order valence-electron chi connectivity index (χ0n) is 17.7. The van der Waals surface area contributed by atoms with Gasteiger partial charge in [0, 0.05) is 32.2 Å². The minimum Gasteiger partial charge on any atom is -0.381 e. The highest BCUT2D eigenvalue weighted by molar-refractivity contribution is 5.85. The zero-order valence-corrected chi connectivity index (χ0v) is 17.7. The molecule has 4 rings (SSSR count). The first-order valence-electron chi connectivity index (χ1n) is 10.8. The van der Waals surface area contributed by atoms with Crippen molar-refractivity contribution in [2.45, 2.75) is 44.4 Å². The lowest BCUT2D eigenvalue weighted by atomic mass is 9.95. The van der Waals surface area contributed by atoms with Crippen LogP contribution in [-0.2, 0) is 14.3 Å². The lowest BCUT2D eigenvalue weighted by molar-refractivity contribution is -0.171. The molecule has 2 atom stereocenters. The van der Waals surface area contributed by atoms with E-state index in [4.69, 9.17) is 9.47 Å². The predicted octanol–water partition coefficient (Wildman–Crippen LogP) is 1.92. The molecule has 0 bridgehead atoms. The molecule has 178 valence electrons. The number of aromatic nitrogens is 2. The number of ketones is 1. The van der Waals surface area contributed by atoms with Crippen LogP contribution < -0.4 is 15.4 Å². The molecule has 0 saturated carbocycles. The maximum absolute atomic E-state index is 15.0. The van der Waals surface area contributed by atoms with E-state index >= 15 is 4.39 Å². The van der Waals surface area contributed by atoms with Gasteiger partial charge in [0.2, 0.25) is 11.8 Å². The molecule has 32 heavy (non-hydrogen) atoms. The van der Waals surface area contributed by atoms with Crippen molar-refractivity contribution in [2.24, 2.45) is 5.92 Å². The second-order valence-electron chi connectivity index (χ2n) is 8.46. The summed E-state index contributed by atoms with van der Waals surface area (Å²) in [7, 11) is 0. The number of Topliss-reactive ketones (excluding diaryl/α,β-unsaturated/α-hetero) is 1. The molecule has 4 heterocycles. The van der Waals surface area contributed by atoms with E-state index in [0.717, 1.165) is 0 Å². The molecule has 0 N–H and O–H groups in total. The molecule has 0 spiro atoms. The van der Waals surface area contributed by atoms with Gasteiger partial charge in [-0.2, -0.15) is 22.5 Å². The fourth-order valence-corrected chi connectivity index (χ4v) is 4.53. The second-order valence-corrected chi connectivity index (χ2v) is 8.46. The van der Waals surface area contributed by atoms with E-state index in [1.54, 1.807) is 6.92 Å². The summed E-state index contributed by atoms with van der Waals surface area (Å²) in [6, 6.07) is -2.51. The molecule has 0 aliphatic carbocycles. The summed E-state index contributed by atoms with van der Waals surface area (Å²) in [6.45, 7) is 3.15. The number of morpholine rings is 1. The van der Waals surface area contributed by atoms with Gasteiger partial charge < -0.3 is 19.3 Å². The van der Waals surface area contributed by atoms with E-state index < -0.39 is 30.0 Å². The van der Waals surface area contributed by atoms with Gasteiger partial charge in [0.1, 0.15) is 6.04 Å². The molecule has 2 fully saturated rings. The maximum atomic E-state index is 15.0. The fourth-order valence-electron chi connectivity index (χ4n) is 4.53. The summed E-state index contributed by atoms with van der Waals surface area (Å²) in [6.07, 6.45) is -4.14. The van der Waals surface area contributed by atoms with E-state index in [9.17, 15) is 22.8 Å². The zero-order chi connectivity index (χ0) is 23.0. The summed E-state index contributed by atoms with van der Waals surface area (Å²) in [5.74, 6) is -2.36. The monoisotopic (exact) mass is 462 g/mol. The van der Waals surface area contributed by atoms with Gasteiger partial charge in [-0.25, -0.2) is 0 Å². The fraction of sp³-hybridized carbons (Fsp3) is 0.750. The standard InChI is InChI=1S/C20H26F4N4O4/c1-12-11-32-9-6-27(12)17-16(21)18(30)28-15(20(22,23)24)2-5-26(19(28)25-17)10-14(29)13-3-7-31-8-4-13/h12-13,15H,2-11H2,1H3. The third-order valence-electron chi connectivity index (χ3n) is 6.33. The third-order valence-corrected chi connectivity index (χ3v) is 6.33. The van der Waals surface area contributed by atoms with Crippen LogP contribution in [0.1, 0.15) is 32.2 Å². The molecule has 3 aliphatic rings. The van der Waals surface area contributed by atoms with Crippen molar-refractivity contribution in [1.29, 1.82) is 0 Å². The first-order chi connectivity index (χ1) is 15.2. The number of carbonyl (C=O) groups is 1. The van der Waals surface area contributed by atoms with Crippen molar-refractivity contribution in [3.63, 3.8) is 0 Å². The van der Waals surface area contributed by atoms with Crippen molar-refractivity contribution in [3.8, 4) is 0 Å². The molecule has 0 amide bonds. The highest BCUT2D eigenvalue weighted by atomic mass is 19.4. The Morgan fingerprint density at radius 2 is 1.84 bits per heavy atom. The average molecular weight is 462 g/mol. The summed E-state index contributed by atoms with van der Waals surface area (Å²) >= 11 is 0. The van der Waals surface area contributed by atoms with Crippen LogP contribution in [0, 0.1) is 11.7 Å². The first-order valence-corrected chi connectivity index (χ1v) is 10.8. The van der Waals surface area contributed by atoms with E-state index in [2.05, 4.69) is 4.98 Å². The molecule has 8 nitrogen and oxygen atoms in total. The highest BCUT2D eigenvalue weighted by Crippen LogP contribution is 2.39. The number of ether oxygens (including phenoxy) is 2. The van der Waals surface area contributed by atoms with Crippen LogP contribution in [0.3, 0.4) is 0 Å². The molecule has 0 aromatic carbocycles. The smallest absolute Gasteiger partial charge is 0.381 e. The normalized spacial score (nSPS) is 25.0. The molecule has 1 aromatic rings. The Balaban J connectivity index is 1.74. The topological polar surface area (TPSA) is 76.9 Å². The van der Waals surface area contributed by atoms with E-state index in [0.29, 0.717) is 30.6 Å². The van der Waals surface area contributed by atoms with Gasteiger partial charge >= 0.3 is 6.18 Å². The van der Waals surface area contributed by atoms with Gasteiger partial charge in [-0.05, 0) is 26.2 Å². The minimum atomic E-state index is -4.75. The second kappa shape index (κ2) is 8.97. The number of hydrogen-bond acceptors (Lipinski definition) is 7. The van der Waals surface area contributed by atoms with Crippen LogP contribution in [0.2, 0.25) is 0 Å². The van der Waals surface area contributed by atoms with Crippen molar-refractivity contribution >= 4 is 17.5 Å². The van der Waals surface area contributed by atoms with Crippen LogP contribution in [0.5, 0.6) is 0 Å². The molecule has 1 aromatic heterocycles. The number of halogens is 4. The lowest BCUT2D eigenvalue weighted by Gasteiger charge is -2.39. The number of alkyl halides is 3. The van der Waals surface area contributed by atoms with Crippen molar-refractivity contribution in [1.82, 2.24) is 9.55 Å². The van der Waals surface area contributed by atoms with Crippen LogP contribution in [-0.4, -0.2) is 73.6 Å². The van der Waals surface area contributed by atoms with Gasteiger partial charge in [-0.3, -0.25) is 14.2 Å². The molecular formula is C20H26F4N4O4. The van der Waals surface area contributed by atoms with Gasteiger partial charge in [-0.15, -0.1) is 0 Å². The quantitative estimate of drug-likeness (QED) is 0.633. The van der Waals surface area contributed by atoms with Crippen LogP contribution in [0.4, 0.5) is 29.3 Å². The van der Waals surface area contributed by atoms with E-state index in [-0.39, 0.29) is 62.4 Å². The predicted molar refractivity (Wildman–Crippen MR) is 107 cm³/mol. The number of hydrogen-bond donors (Lipinski definition) is 0.